The van der Waals surface area contributed by atoms with Crippen molar-refractivity contribution in [1.29, 1.82) is 0 Å². The zero-order valence-electron chi connectivity index (χ0n) is 15.3. The van der Waals surface area contributed by atoms with Gasteiger partial charge in [-0.2, -0.15) is 0 Å². The van der Waals surface area contributed by atoms with Crippen LogP contribution in [-0.2, 0) is 16.1 Å². The highest BCUT2D eigenvalue weighted by molar-refractivity contribution is 8.00. The molecule has 0 saturated carbocycles. The molecule has 0 radical (unpaired) electrons. The van der Waals surface area contributed by atoms with E-state index < -0.39 is 5.97 Å². The second kappa shape index (κ2) is 8.77. The lowest BCUT2D eigenvalue weighted by molar-refractivity contribution is -0.139. The monoisotopic (exact) mass is 383 g/mol. The Kier molecular flexibility index (Phi) is 6.19. The van der Waals surface area contributed by atoms with Crippen LogP contribution in [0.3, 0.4) is 0 Å². The molecule has 5 nitrogen and oxygen atoms in total. The minimum absolute atomic E-state index is 0.175. The van der Waals surface area contributed by atoms with E-state index in [0.717, 1.165) is 22.0 Å². The summed E-state index contributed by atoms with van der Waals surface area (Å²) in [4.78, 5) is 25.4. The lowest BCUT2D eigenvalue weighted by atomic mass is 10.1. The van der Waals surface area contributed by atoms with Gasteiger partial charge in [-0.25, -0.2) is 0 Å². The van der Waals surface area contributed by atoms with Crippen LogP contribution in [0.25, 0.3) is 0 Å². The number of hydrogen-bond acceptors (Lipinski definition) is 5. The summed E-state index contributed by atoms with van der Waals surface area (Å²) >= 11 is 1.39. The smallest absolute Gasteiger partial charge is 0.316 e. The van der Waals surface area contributed by atoms with Crippen LogP contribution in [-0.4, -0.2) is 28.7 Å². The second-order valence-electron chi connectivity index (χ2n) is 6.14. The summed E-state index contributed by atoms with van der Waals surface area (Å²) in [6.45, 7) is 4.14. The fraction of sp³-hybridized carbons (Fsp3) is 0.238. The number of aromatic nitrogens is 1. The molecule has 0 bridgehead atoms. The molecule has 0 fully saturated rings. The van der Waals surface area contributed by atoms with Gasteiger partial charge in [-0.1, -0.05) is 18.2 Å². The molecule has 3 aromatic rings. The fourth-order valence-corrected chi connectivity index (χ4v) is 3.53. The van der Waals surface area contributed by atoms with Crippen molar-refractivity contribution >= 4 is 23.5 Å². The Morgan fingerprint density at radius 3 is 2.59 bits per heavy atom. The molecular formula is C21H21NO4S. The summed E-state index contributed by atoms with van der Waals surface area (Å²) in [6.07, 6.45) is 1.63. The number of hydrogen-bond donors (Lipinski definition) is 0. The molecule has 2 heterocycles. The van der Waals surface area contributed by atoms with E-state index in [9.17, 15) is 9.59 Å². The van der Waals surface area contributed by atoms with Crippen LogP contribution >= 0.6 is 11.8 Å². The molecule has 0 amide bonds. The van der Waals surface area contributed by atoms with Crippen molar-refractivity contribution in [2.45, 2.75) is 25.3 Å². The Labute approximate surface area is 162 Å². The highest BCUT2D eigenvalue weighted by atomic mass is 32.2. The third-order valence-corrected chi connectivity index (χ3v) is 5.22. The Balaban J connectivity index is 1.55. The Morgan fingerprint density at radius 1 is 1.11 bits per heavy atom. The molecule has 1 aromatic carbocycles. The number of ketones is 1. The van der Waals surface area contributed by atoms with E-state index in [4.69, 9.17) is 9.15 Å². The number of nitrogens with zero attached hydrogens (tertiary/aromatic N) is 1. The Hall–Kier alpha value is -2.73. The number of carbonyl (C=O) groups is 2. The van der Waals surface area contributed by atoms with Crippen LogP contribution in [0.4, 0.5) is 0 Å². The van der Waals surface area contributed by atoms with Crippen LogP contribution in [0.15, 0.2) is 64.1 Å². The van der Waals surface area contributed by atoms with Crippen molar-refractivity contribution in [1.82, 2.24) is 4.57 Å². The molecule has 0 unspecified atom stereocenters. The van der Waals surface area contributed by atoms with Gasteiger partial charge in [0, 0.05) is 21.8 Å². The van der Waals surface area contributed by atoms with Crippen molar-refractivity contribution in [3.05, 3.63) is 77.5 Å². The molecule has 140 valence electrons. The molecule has 0 aliphatic heterocycles. The molecule has 0 aliphatic rings. The first-order valence-electron chi connectivity index (χ1n) is 8.60. The summed E-state index contributed by atoms with van der Waals surface area (Å²) in [5.74, 6) is 0.392. The van der Waals surface area contributed by atoms with E-state index in [1.165, 1.54) is 11.8 Å². The van der Waals surface area contributed by atoms with E-state index >= 15 is 0 Å². The van der Waals surface area contributed by atoms with Crippen LogP contribution in [0.5, 0.6) is 0 Å². The number of aryl methyl sites for hydroxylation is 1. The van der Waals surface area contributed by atoms with E-state index in [-0.39, 0.29) is 18.1 Å². The normalized spacial score (nSPS) is 10.7. The summed E-state index contributed by atoms with van der Waals surface area (Å²) in [6, 6.07) is 15.2. The predicted octanol–water partition coefficient (Wildman–Crippen LogP) is 4.26. The molecular weight excluding hydrogens is 362 g/mol. The average molecular weight is 383 g/mol. The Bertz CT molecular complexity index is 913. The van der Waals surface area contributed by atoms with Crippen LogP contribution < -0.4 is 0 Å². The highest BCUT2D eigenvalue weighted by Crippen LogP contribution is 2.19. The summed E-state index contributed by atoms with van der Waals surface area (Å²) in [7, 11) is 0. The van der Waals surface area contributed by atoms with Crippen molar-refractivity contribution in [2.24, 2.45) is 0 Å². The Morgan fingerprint density at radius 2 is 1.89 bits per heavy atom. The second-order valence-corrected chi connectivity index (χ2v) is 7.18. The molecule has 3 rings (SSSR count). The van der Waals surface area contributed by atoms with Gasteiger partial charge in [-0.15, -0.1) is 11.8 Å². The van der Waals surface area contributed by atoms with Crippen LogP contribution in [0.2, 0.25) is 0 Å². The van der Waals surface area contributed by atoms with Crippen molar-refractivity contribution in [2.75, 3.05) is 12.4 Å². The minimum Gasteiger partial charge on any atom is -0.467 e. The molecule has 0 atom stereocenters. The maximum atomic E-state index is 12.5. The molecule has 27 heavy (non-hydrogen) atoms. The zero-order valence-corrected chi connectivity index (χ0v) is 16.1. The van der Waals surface area contributed by atoms with Gasteiger partial charge in [0.1, 0.15) is 5.76 Å². The van der Waals surface area contributed by atoms with E-state index in [1.54, 1.807) is 6.26 Å². The van der Waals surface area contributed by atoms with Crippen LogP contribution in [0.1, 0.15) is 27.5 Å². The van der Waals surface area contributed by atoms with E-state index in [0.29, 0.717) is 12.1 Å². The number of benzene rings is 1. The number of esters is 1. The van der Waals surface area contributed by atoms with Gasteiger partial charge in [0.2, 0.25) is 5.78 Å². The molecule has 2 aromatic heterocycles. The van der Waals surface area contributed by atoms with E-state index in [2.05, 4.69) is 0 Å². The van der Waals surface area contributed by atoms with Gasteiger partial charge in [-0.3, -0.25) is 9.59 Å². The summed E-state index contributed by atoms with van der Waals surface area (Å²) < 4.78 is 12.5. The highest BCUT2D eigenvalue weighted by Gasteiger charge is 2.18. The van der Waals surface area contributed by atoms with Crippen LogP contribution in [0, 0.1) is 13.8 Å². The summed E-state index contributed by atoms with van der Waals surface area (Å²) in [5, 5.41) is 0. The molecule has 0 N–H and O–H groups in total. The SMILES string of the molecule is Cc1cc(C(=O)COC(=O)CSc2ccccc2)c(C)n1Cc1ccco1. The van der Waals surface area contributed by atoms with Crippen molar-refractivity contribution in [3.8, 4) is 0 Å². The lowest BCUT2D eigenvalue weighted by Gasteiger charge is -2.08. The number of ether oxygens (including phenoxy) is 1. The molecule has 0 spiro atoms. The van der Waals surface area contributed by atoms with Gasteiger partial charge < -0.3 is 13.7 Å². The largest absolute Gasteiger partial charge is 0.467 e. The average Bonchev–Trinajstić information content (AvgIpc) is 3.29. The number of rotatable bonds is 8. The third kappa shape index (κ3) is 4.92. The van der Waals surface area contributed by atoms with Gasteiger partial charge in [-0.05, 0) is 44.2 Å². The van der Waals surface area contributed by atoms with Gasteiger partial charge in [0.25, 0.3) is 0 Å². The van der Waals surface area contributed by atoms with Gasteiger partial charge in [0.05, 0.1) is 18.6 Å². The molecule has 0 saturated heterocycles. The standard InChI is InChI=1S/C21H21NO4S/c1-15-11-19(16(2)22(15)12-17-7-6-10-25-17)20(23)13-26-21(24)14-27-18-8-4-3-5-9-18/h3-11H,12-14H2,1-2H3. The maximum absolute atomic E-state index is 12.5. The number of carbonyl (C=O) groups excluding carboxylic acids is 2. The molecule has 0 aliphatic carbocycles. The maximum Gasteiger partial charge on any atom is 0.316 e. The van der Waals surface area contributed by atoms with Crippen molar-refractivity contribution in [3.63, 3.8) is 0 Å². The van der Waals surface area contributed by atoms with Crippen molar-refractivity contribution < 1.29 is 18.7 Å². The first kappa shape index (κ1) is 19.0. The van der Waals surface area contributed by atoms with Gasteiger partial charge in [0.15, 0.2) is 6.61 Å². The third-order valence-electron chi connectivity index (χ3n) is 4.23. The summed E-state index contributed by atoms with van der Waals surface area (Å²) in [5.41, 5.74) is 2.37. The minimum atomic E-state index is -0.401. The molecule has 6 heteroatoms. The van der Waals surface area contributed by atoms with Gasteiger partial charge >= 0.3 is 5.97 Å². The predicted molar refractivity (Wildman–Crippen MR) is 104 cm³/mol. The number of furan rings is 1. The number of Topliss-reactive ketones (excluding diaryl/α,β-unsaturated/α-hetero) is 1. The fourth-order valence-electron chi connectivity index (χ4n) is 2.81. The lowest BCUT2D eigenvalue weighted by Crippen LogP contribution is -2.16. The van der Waals surface area contributed by atoms with E-state index in [1.807, 2.05) is 66.9 Å². The quantitative estimate of drug-likeness (QED) is 0.330. The number of thioether (sulfide) groups is 1. The first-order chi connectivity index (χ1) is 13.0. The topological polar surface area (TPSA) is 61.4 Å². The first-order valence-corrected chi connectivity index (χ1v) is 9.59. The zero-order chi connectivity index (χ0) is 19.2.